The zero-order valence-electron chi connectivity index (χ0n) is 25.8. The molecular formula is C42H28N4O2. The summed E-state index contributed by atoms with van der Waals surface area (Å²) in [5.41, 5.74) is 8.95. The standard InChI is InChI=1S/C42H28N4O2/c1-2-10-25(11-3-1)40-44-41(46-42(45-40)31-16-9-19-37-39(31)33-24-43-21-20-35(33)48-37)27-22-26-12-4-5-13-28(26)32(23-27)29-15-8-18-36-38(29)30-14-6-7-17-34(30)47-36/h1-23,41,43H,24H2,(H,44,45,46). The number of hydrogen-bond donors (Lipinski definition) is 2. The Hall–Kier alpha value is -6.40. The second-order valence-corrected chi connectivity index (χ2v) is 12.2. The van der Waals surface area contributed by atoms with Gasteiger partial charge in [-0.05, 0) is 63.9 Å². The van der Waals surface area contributed by atoms with E-state index in [1.165, 1.54) is 5.39 Å². The van der Waals surface area contributed by atoms with Crippen LogP contribution in [0.25, 0.3) is 60.9 Å². The van der Waals surface area contributed by atoms with Crippen LogP contribution in [0.5, 0.6) is 0 Å². The molecule has 0 amide bonds. The average Bonchev–Trinajstić information content (AvgIpc) is 3.73. The van der Waals surface area contributed by atoms with Gasteiger partial charge in [-0.1, -0.05) is 97.1 Å². The Morgan fingerprint density at radius 3 is 2.21 bits per heavy atom. The Morgan fingerprint density at radius 1 is 0.583 bits per heavy atom. The van der Waals surface area contributed by atoms with Crippen molar-refractivity contribution in [2.45, 2.75) is 12.7 Å². The van der Waals surface area contributed by atoms with Crippen molar-refractivity contribution in [2.75, 3.05) is 0 Å². The van der Waals surface area contributed by atoms with Gasteiger partial charge in [-0.25, -0.2) is 9.98 Å². The van der Waals surface area contributed by atoms with Crippen molar-refractivity contribution in [1.29, 1.82) is 0 Å². The van der Waals surface area contributed by atoms with Crippen LogP contribution in [-0.4, -0.2) is 11.7 Å². The summed E-state index contributed by atoms with van der Waals surface area (Å²) in [5.74, 6) is 2.41. The zero-order valence-corrected chi connectivity index (χ0v) is 25.8. The van der Waals surface area contributed by atoms with Crippen LogP contribution in [0.15, 0.2) is 152 Å². The molecule has 48 heavy (non-hydrogen) atoms. The van der Waals surface area contributed by atoms with Crippen molar-refractivity contribution >= 4 is 61.4 Å². The molecular weight excluding hydrogens is 592 g/mol. The largest absolute Gasteiger partial charge is 0.456 e. The summed E-state index contributed by atoms with van der Waals surface area (Å²) >= 11 is 0. The number of benzene rings is 6. The third-order valence-electron chi connectivity index (χ3n) is 9.39. The van der Waals surface area contributed by atoms with Crippen LogP contribution >= 0.6 is 0 Å². The Balaban J connectivity index is 1.21. The molecule has 2 aliphatic heterocycles. The maximum Gasteiger partial charge on any atom is 0.169 e. The van der Waals surface area contributed by atoms with Gasteiger partial charge in [-0.3, -0.25) is 0 Å². The van der Waals surface area contributed by atoms with Gasteiger partial charge in [-0.2, -0.15) is 0 Å². The van der Waals surface area contributed by atoms with Gasteiger partial charge in [0.15, 0.2) is 6.17 Å². The average molecular weight is 621 g/mol. The summed E-state index contributed by atoms with van der Waals surface area (Å²) in [4.78, 5) is 10.6. The van der Waals surface area contributed by atoms with E-state index >= 15 is 0 Å². The lowest BCUT2D eigenvalue weighted by Crippen LogP contribution is -2.36. The molecule has 0 saturated carbocycles. The molecule has 6 aromatic carbocycles. The van der Waals surface area contributed by atoms with Crippen LogP contribution in [0, 0.1) is 0 Å². The van der Waals surface area contributed by atoms with Gasteiger partial charge in [0, 0.05) is 45.6 Å². The lowest BCUT2D eigenvalue weighted by molar-refractivity contribution is 0.592. The molecule has 0 saturated heterocycles. The van der Waals surface area contributed by atoms with E-state index in [0.29, 0.717) is 6.54 Å². The molecule has 0 spiro atoms. The van der Waals surface area contributed by atoms with Crippen molar-refractivity contribution in [3.8, 4) is 11.1 Å². The quantitative estimate of drug-likeness (QED) is 0.205. The van der Waals surface area contributed by atoms with Crippen LogP contribution < -0.4 is 10.6 Å². The van der Waals surface area contributed by atoms with E-state index in [0.717, 1.165) is 89.1 Å². The first-order valence-electron chi connectivity index (χ1n) is 16.1. The molecule has 2 aromatic heterocycles. The first kappa shape index (κ1) is 26.8. The fourth-order valence-electron chi connectivity index (χ4n) is 7.22. The normalized spacial score (nSPS) is 15.7. The second-order valence-electron chi connectivity index (χ2n) is 12.2. The molecule has 10 rings (SSSR count). The Labute approximate surface area is 275 Å². The van der Waals surface area contributed by atoms with Gasteiger partial charge < -0.3 is 19.5 Å². The van der Waals surface area contributed by atoms with E-state index in [9.17, 15) is 0 Å². The first-order chi connectivity index (χ1) is 23.8. The molecule has 1 unspecified atom stereocenters. The monoisotopic (exact) mass is 620 g/mol. The van der Waals surface area contributed by atoms with E-state index in [2.05, 4.69) is 89.5 Å². The summed E-state index contributed by atoms with van der Waals surface area (Å²) in [6, 6.07) is 44.0. The molecule has 0 aliphatic carbocycles. The summed E-state index contributed by atoms with van der Waals surface area (Å²) in [6.45, 7) is 0.689. The van der Waals surface area contributed by atoms with Crippen LogP contribution in [0.4, 0.5) is 0 Å². The minimum Gasteiger partial charge on any atom is -0.456 e. The Bertz CT molecular complexity index is 2660. The fourth-order valence-corrected chi connectivity index (χ4v) is 7.22. The van der Waals surface area contributed by atoms with E-state index in [1.54, 1.807) is 0 Å². The third kappa shape index (κ3) is 4.19. The van der Waals surface area contributed by atoms with Gasteiger partial charge in [-0.15, -0.1) is 0 Å². The van der Waals surface area contributed by atoms with Gasteiger partial charge >= 0.3 is 0 Å². The van der Waals surface area contributed by atoms with E-state index < -0.39 is 6.17 Å². The number of para-hydroxylation sites is 1. The molecule has 0 radical (unpaired) electrons. The highest BCUT2D eigenvalue weighted by molar-refractivity contribution is 6.20. The summed E-state index contributed by atoms with van der Waals surface area (Å²) in [7, 11) is 0. The van der Waals surface area contributed by atoms with E-state index in [-0.39, 0.29) is 0 Å². The Kier molecular flexibility index (Phi) is 5.90. The third-order valence-corrected chi connectivity index (χ3v) is 9.39. The fraction of sp³-hybridized carbons (Fsp3) is 0.0476. The van der Waals surface area contributed by atoms with Crippen molar-refractivity contribution in [1.82, 2.24) is 10.6 Å². The van der Waals surface area contributed by atoms with Gasteiger partial charge in [0.2, 0.25) is 0 Å². The minimum atomic E-state index is -0.490. The lowest BCUT2D eigenvalue weighted by atomic mass is 9.92. The maximum absolute atomic E-state index is 6.30. The van der Waals surface area contributed by atoms with Crippen LogP contribution in [-0.2, 0) is 6.54 Å². The molecule has 2 aliphatic rings. The highest BCUT2D eigenvalue weighted by atomic mass is 16.3. The topological polar surface area (TPSA) is 75.1 Å². The maximum atomic E-state index is 6.30. The van der Waals surface area contributed by atoms with Crippen molar-refractivity contribution in [3.05, 3.63) is 162 Å². The van der Waals surface area contributed by atoms with Crippen molar-refractivity contribution in [3.63, 3.8) is 0 Å². The molecule has 6 nitrogen and oxygen atoms in total. The van der Waals surface area contributed by atoms with Gasteiger partial charge in [0.25, 0.3) is 0 Å². The van der Waals surface area contributed by atoms with Crippen molar-refractivity contribution < 1.29 is 8.83 Å². The molecule has 4 heterocycles. The summed E-state index contributed by atoms with van der Waals surface area (Å²) < 4.78 is 12.6. The molecule has 8 aromatic rings. The van der Waals surface area contributed by atoms with E-state index in [4.69, 9.17) is 18.8 Å². The predicted octanol–water partition coefficient (Wildman–Crippen LogP) is 9.72. The number of fused-ring (bicyclic) bond motifs is 7. The highest BCUT2D eigenvalue weighted by Crippen LogP contribution is 2.41. The number of amidine groups is 2. The van der Waals surface area contributed by atoms with Gasteiger partial charge in [0.1, 0.15) is 34.2 Å². The second kappa shape index (κ2) is 10.6. The smallest absolute Gasteiger partial charge is 0.169 e. The van der Waals surface area contributed by atoms with Crippen LogP contribution in [0.3, 0.4) is 0 Å². The van der Waals surface area contributed by atoms with E-state index in [1.807, 2.05) is 60.8 Å². The first-order valence-corrected chi connectivity index (χ1v) is 16.1. The predicted molar refractivity (Wildman–Crippen MR) is 194 cm³/mol. The molecule has 228 valence electrons. The van der Waals surface area contributed by atoms with Crippen LogP contribution in [0.1, 0.15) is 34.2 Å². The number of nitrogens with zero attached hydrogens (tertiary/aromatic N) is 2. The SMILES string of the molecule is C1=Cc2oc3cccc(C4=NC(c5cc(-c6cccc7oc8ccccc8c67)c6ccccc6c5)N=C(c5ccccc5)N4)c3c2CN1. The molecule has 2 N–H and O–H groups in total. The lowest BCUT2D eigenvalue weighted by Gasteiger charge is -2.24. The summed E-state index contributed by atoms with van der Waals surface area (Å²) in [5, 5.41) is 12.5. The number of rotatable bonds is 4. The van der Waals surface area contributed by atoms with Crippen LogP contribution in [0.2, 0.25) is 0 Å². The molecule has 6 heteroatoms. The van der Waals surface area contributed by atoms with Crippen molar-refractivity contribution in [2.24, 2.45) is 9.98 Å². The number of furan rings is 2. The molecule has 1 atom stereocenters. The highest BCUT2D eigenvalue weighted by Gasteiger charge is 2.26. The van der Waals surface area contributed by atoms with Gasteiger partial charge in [0.05, 0.1) is 0 Å². The number of hydrogen-bond acceptors (Lipinski definition) is 6. The number of aliphatic imine (C=N–C) groups is 2. The number of nitrogens with one attached hydrogen (secondary N) is 2. The summed E-state index contributed by atoms with van der Waals surface area (Å²) in [6.07, 6.45) is 3.43. The molecule has 0 bridgehead atoms. The molecule has 0 fully saturated rings. The Morgan fingerprint density at radius 2 is 1.31 bits per heavy atom. The zero-order chi connectivity index (χ0) is 31.6. The minimum absolute atomic E-state index is 0.490.